The van der Waals surface area contributed by atoms with Gasteiger partial charge in [0.05, 0.1) is 4.92 Å². The number of benzene rings is 1. The molecule has 0 fully saturated rings. The fourth-order valence-corrected chi connectivity index (χ4v) is 1.51. The van der Waals surface area contributed by atoms with E-state index in [2.05, 4.69) is 0 Å². The van der Waals surface area contributed by atoms with E-state index in [1.54, 1.807) is 7.05 Å². The summed E-state index contributed by atoms with van der Waals surface area (Å²) in [5.41, 5.74) is -0.0561. The fourth-order valence-electron chi connectivity index (χ4n) is 1.51. The zero-order valence-electron chi connectivity index (χ0n) is 11.5. The number of non-ortho nitro benzene ring substituents is 1. The molecule has 0 heterocycles. The number of likely N-dealkylation sites (N-methyl/N-ethyl adjacent to an activating group) is 1. The minimum absolute atomic E-state index is 0.000823. The number of nitrogens with zero attached hydrogens (tertiary/aromatic N) is 2. The van der Waals surface area contributed by atoms with E-state index in [-0.39, 0.29) is 24.6 Å². The van der Waals surface area contributed by atoms with Gasteiger partial charge in [-0.25, -0.2) is 0 Å². The maximum atomic E-state index is 11.7. The van der Waals surface area contributed by atoms with Crippen molar-refractivity contribution in [3.05, 3.63) is 34.4 Å². The van der Waals surface area contributed by atoms with Crippen molar-refractivity contribution in [2.24, 2.45) is 0 Å². The number of carboxylic acid groups (broad SMARTS) is 1. The van der Waals surface area contributed by atoms with Gasteiger partial charge >= 0.3 is 5.97 Å². The molecule has 0 saturated heterocycles. The van der Waals surface area contributed by atoms with Crippen molar-refractivity contribution >= 4 is 17.6 Å². The number of carbonyl (C=O) groups is 2. The fraction of sp³-hybridized carbons (Fsp3) is 0.385. The molecule has 8 heteroatoms. The Morgan fingerprint density at radius 1 is 1.33 bits per heavy atom. The Kier molecular flexibility index (Phi) is 6.12. The van der Waals surface area contributed by atoms with Crippen LogP contribution < -0.4 is 4.74 Å². The van der Waals surface area contributed by atoms with Crippen molar-refractivity contribution in [2.75, 3.05) is 20.2 Å². The van der Waals surface area contributed by atoms with Gasteiger partial charge in [-0.1, -0.05) is 0 Å². The maximum absolute atomic E-state index is 11.7. The van der Waals surface area contributed by atoms with E-state index in [4.69, 9.17) is 9.84 Å². The molecule has 0 atom stereocenters. The standard InChI is InChI=1S/C13H16N2O6/c1-14(8-2-3-13(17)18)12(16)9-21-11-6-4-10(5-7-11)15(19)20/h4-7H,2-3,8-9H2,1H3,(H,17,18). The normalized spacial score (nSPS) is 9.95. The summed E-state index contributed by atoms with van der Waals surface area (Å²) in [5.74, 6) is -0.843. The number of aliphatic carboxylic acids is 1. The third-order valence-electron chi connectivity index (χ3n) is 2.72. The van der Waals surface area contributed by atoms with Crippen LogP contribution in [0.15, 0.2) is 24.3 Å². The van der Waals surface area contributed by atoms with Gasteiger partial charge in [-0.2, -0.15) is 0 Å². The lowest BCUT2D eigenvalue weighted by Crippen LogP contribution is -2.32. The maximum Gasteiger partial charge on any atom is 0.303 e. The lowest BCUT2D eigenvalue weighted by atomic mass is 10.3. The van der Waals surface area contributed by atoms with Crippen molar-refractivity contribution in [1.29, 1.82) is 0 Å². The second-order valence-electron chi connectivity index (χ2n) is 4.35. The first-order valence-electron chi connectivity index (χ1n) is 6.23. The third-order valence-corrected chi connectivity index (χ3v) is 2.72. The molecule has 21 heavy (non-hydrogen) atoms. The quantitative estimate of drug-likeness (QED) is 0.572. The smallest absolute Gasteiger partial charge is 0.303 e. The Balaban J connectivity index is 2.38. The number of nitro groups is 1. The van der Waals surface area contributed by atoms with Crippen LogP contribution in [0, 0.1) is 10.1 Å². The first-order chi connectivity index (χ1) is 9.90. The van der Waals surface area contributed by atoms with Gasteiger partial charge in [0, 0.05) is 32.1 Å². The van der Waals surface area contributed by atoms with Crippen molar-refractivity contribution in [3.63, 3.8) is 0 Å². The van der Waals surface area contributed by atoms with Gasteiger partial charge in [-0.3, -0.25) is 19.7 Å². The molecular formula is C13H16N2O6. The van der Waals surface area contributed by atoms with E-state index in [0.29, 0.717) is 18.7 Å². The van der Waals surface area contributed by atoms with E-state index >= 15 is 0 Å². The number of carboxylic acids is 1. The first kappa shape index (κ1) is 16.4. The Morgan fingerprint density at radius 2 is 1.95 bits per heavy atom. The van der Waals surface area contributed by atoms with Crippen LogP contribution in [0.4, 0.5) is 5.69 Å². The van der Waals surface area contributed by atoms with E-state index in [1.807, 2.05) is 0 Å². The minimum Gasteiger partial charge on any atom is -0.484 e. The summed E-state index contributed by atoms with van der Waals surface area (Å²) >= 11 is 0. The monoisotopic (exact) mass is 296 g/mol. The SMILES string of the molecule is CN(CCCC(=O)O)C(=O)COc1ccc([N+](=O)[O-])cc1. The van der Waals surface area contributed by atoms with E-state index in [9.17, 15) is 19.7 Å². The molecule has 0 aromatic heterocycles. The molecule has 1 amide bonds. The third kappa shape index (κ3) is 5.89. The molecule has 1 aromatic carbocycles. The molecule has 0 radical (unpaired) electrons. The summed E-state index contributed by atoms with van der Waals surface area (Å²) in [6.07, 6.45) is 0.371. The predicted octanol–water partition coefficient (Wildman–Crippen LogP) is 1.30. The van der Waals surface area contributed by atoms with Crippen LogP contribution in [0.3, 0.4) is 0 Å². The molecule has 114 valence electrons. The molecule has 0 aliphatic heterocycles. The lowest BCUT2D eigenvalue weighted by Gasteiger charge is -2.16. The molecule has 1 rings (SSSR count). The van der Waals surface area contributed by atoms with Crippen LogP contribution in [0.25, 0.3) is 0 Å². The minimum atomic E-state index is -0.905. The molecule has 1 N–H and O–H groups in total. The highest BCUT2D eigenvalue weighted by atomic mass is 16.6. The number of hydrogen-bond donors (Lipinski definition) is 1. The first-order valence-corrected chi connectivity index (χ1v) is 6.23. The number of nitro benzene ring substituents is 1. The molecule has 0 aliphatic carbocycles. The average Bonchev–Trinajstić information content (AvgIpc) is 2.44. The number of carbonyl (C=O) groups excluding carboxylic acids is 1. The van der Waals surface area contributed by atoms with E-state index < -0.39 is 10.9 Å². The number of rotatable bonds is 8. The van der Waals surface area contributed by atoms with Gasteiger partial charge in [0.25, 0.3) is 11.6 Å². The van der Waals surface area contributed by atoms with Crippen molar-refractivity contribution in [3.8, 4) is 5.75 Å². The van der Waals surface area contributed by atoms with Gasteiger partial charge in [-0.15, -0.1) is 0 Å². The molecule has 0 unspecified atom stereocenters. The lowest BCUT2D eigenvalue weighted by molar-refractivity contribution is -0.384. The summed E-state index contributed by atoms with van der Waals surface area (Å²) in [6, 6.07) is 5.40. The second-order valence-corrected chi connectivity index (χ2v) is 4.35. The second kappa shape index (κ2) is 7.83. The summed E-state index contributed by atoms with van der Waals surface area (Å²) < 4.78 is 5.22. The summed E-state index contributed by atoms with van der Waals surface area (Å²) in [7, 11) is 1.56. The Morgan fingerprint density at radius 3 is 2.48 bits per heavy atom. The number of amides is 1. The van der Waals surface area contributed by atoms with Crippen LogP contribution in [-0.4, -0.2) is 47.0 Å². The topological polar surface area (TPSA) is 110 Å². The molecular weight excluding hydrogens is 280 g/mol. The Bertz CT molecular complexity index is 514. The van der Waals surface area contributed by atoms with Crippen LogP contribution in [-0.2, 0) is 9.59 Å². The zero-order chi connectivity index (χ0) is 15.8. The molecule has 0 aliphatic rings. The van der Waals surface area contributed by atoms with Gasteiger partial charge < -0.3 is 14.7 Å². The summed E-state index contributed by atoms with van der Waals surface area (Å²) in [5, 5.41) is 19.0. The highest BCUT2D eigenvalue weighted by Crippen LogP contribution is 2.17. The van der Waals surface area contributed by atoms with E-state index in [1.165, 1.54) is 29.2 Å². The molecule has 8 nitrogen and oxygen atoms in total. The molecule has 0 saturated carbocycles. The zero-order valence-corrected chi connectivity index (χ0v) is 11.5. The summed E-state index contributed by atoms with van der Waals surface area (Å²) in [4.78, 5) is 33.4. The Hall–Kier alpha value is -2.64. The van der Waals surface area contributed by atoms with Gasteiger partial charge in [0.2, 0.25) is 0 Å². The predicted molar refractivity (Wildman–Crippen MR) is 73.1 cm³/mol. The van der Waals surface area contributed by atoms with E-state index in [0.717, 1.165) is 0 Å². The van der Waals surface area contributed by atoms with Crippen LogP contribution in [0.1, 0.15) is 12.8 Å². The largest absolute Gasteiger partial charge is 0.484 e. The van der Waals surface area contributed by atoms with Gasteiger partial charge in [0.15, 0.2) is 6.61 Å². The molecule has 0 bridgehead atoms. The molecule has 1 aromatic rings. The molecule has 0 spiro atoms. The van der Waals surface area contributed by atoms with Crippen molar-refractivity contribution < 1.29 is 24.4 Å². The average molecular weight is 296 g/mol. The van der Waals surface area contributed by atoms with Gasteiger partial charge in [-0.05, 0) is 18.6 Å². The van der Waals surface area contributed by atoms with Gasteiger partial charge in [0.1, 0.15) is 5.75 Å². The Labute approximate surface area is 121 Å². The highest BCUT2D eigenvalue weighted by Gasteiger charge is 2.11. The summed E-state index contributed by atoms with van der Waals surface area (Å²) in [6.45, 7) is 0.121. The number of hydrogen-bond acceptors (Lipinski definition) is 5. The van der Waals surface area contributed by atoms with Crippen molar-refractivity contribution in [2.45, 2.75) is 12.8 Å². The van der Waals surface area contributed by atoms with Crippen LogP contribution in [0.2, 0.25) is 0 Å². The highest BCUT2D eigenvalue weighted by molar-refractivity contribution is 5.77. The van der Waals surface area contributed by atoms with Crippen molar-refractivity contribution in [1.82, 2.24) is 4.90 Å². The van der Waals surface area contributed by atoms with Crippen LogP contribution in [0.5, 0.6) is 5.75 Å². The van der Waals surface area contributed by atoms with Crippen LogP contribution >= 0.6 is 0 Å². The number of ether oxygens (including phenoxy) is 1.